The van der Waals surface area contributed by atoms with Crippen molar-refractivity contribution in [2.45, 2.75) is 37.5 Å². The van der Waals surface area contributed by atoms with Gasteiger partial charge in [-0.3, -0.25) is 4.79 Å². The first kappa shape index (κ1) is 12.3. The monoisotopic (exact) mass is 277 g/mol. The summed E-state index contributed by atoms with van der Waals surface area (Å²) in [7, 11) is 0. The minimum absolute atomic E-state index is 0.130. The van der Waals surface area contributed by atoms with Crippen molar-refractivity contribution in [1.29, 1.82) is 0 Å². The molecule has 20 heavy (non-hydrogen) atoms. The molecule has 1 amide bonds. The Kier molecular flexibility index (Phi) is 2.96. The van der Waals surface area contributed by atoms with E-state index in [1.165, 1.54) is 12.8 Å². The van der Waals surface area contributed by atoms with Crippen LogP contribution in [-0.2, 0) is 4.74 Å². The molecule has 0 radical (unpaired) electrons. The summed E-state index contributed by atoms with van der Waals surface area (Å²) in [6.45, 7) is 2.53. The van der Waals surface area contributed by atoms with E-state index in [4.69, 9.17) is 4.74 Å². The van der Waals surface area contributed by atoms with E-state index < -0.39 is 0 Å². The summed E-state index contributed by atoms with van der Waals surface area (Å²) in [6.07, 6.45) is 5.28. The zero-order valence-corrected chi connectivity index (χ0v) is 11.3. The Morgan fingerprint density at radius 1 is 1.40 bits per heavy atom. The van der Waals surface area contributed by atoms with Gasteiger partial charge in [0.15, 0.2) is 5.69 Å². The van der Waals surface area contributed by atoms with Crippen molar-refractivity contribution in [3.8, 4) is 0 Å². The van der Waals surface area contributed by atoms with E-state index in [1.807, 2.05) is 0 Å². The van der Waals surface area contributed by atoms with Crippen molar-refractivity contribution >= 4 is 5.91 Å². The largest absolute Gasteiger partial charge is 0.376 e. The molecule has 2 unspecified atom stereocenters. The van der Waals surface area contributed by atoms with Crippen LogP contribution in [0.25, 0.3) is 0 Å². The predicted octanol–water partition coefficient (Wildman–Crippen LogP) is -0.280. The third kappa shape index (κ3) is 2.20. The molecule has 0 spiro atoms. The average Bonchev–Trinajstić information content (AvgIpc) is 2.93. The maximum atomic E-state index is 12.2. The molecule has 3 aliphatic rings. The van der Waals surface area contributed by atoms with Crippen molar-refractivity contribution in [3.63, 3.8) is 0 Å². The molecule has 2 aliphatic heterocycles. The zero-order valence-electron chi connectivity index (χ0n) is 11.3. The molecular formula is C13H19N5O2. The fourth-order valence-corrected chi connectivity index (χ4v) is 2.92. The molecule has 7 heteroatoms. The molecular weight excluding hydrogens is 258 g/mol. The predicted molar refractivity (Wildman–Crippen MR) is 70.3 cm³/mol. The summed E-state index contributed by atoms with van der Waals surface area (Å²) < 4.78 is 7.50. The summed E-state index contributed by atoms with van der Waals surface area (Å²) in [5.41, 5.74) is 0.401. The number of aromatic nitrogens is 3. The first-order valence-electron chi connectivity index (χ1n) is 7.36. The van der Waals surface area contributed by atoms with Crippen molar-refractivity contribution in [2.24, 2.45) is 5.92 Å². The maximum Gasteiger partial charge on any atom is 0.273 e. The number of carbonyl (C=O) groups is 1. The highest BCUT2D eigenvalue weighted by Crippen LogP contribution is 2.38. The van der Waals surface area contributed by atoms with Gasteiger partial charge in [0.05, 0.1) is 24.4 Å². The van der Waals surface area contributed by atoms with Crippen molar-refractivity contribution in [3.05, 3.63) is 11.9 Å². The molecule has 2 atom stereocenters. The van der Waals surface area contributed by atoms with Gasteiger partial charge in [-0.1, -0.05) is 5.21 Å². The van der Waals surface area contributed by atoms with Gasteiger partial charge in [0.1, 0.15) is 0 Å². The zero-order chi connectivity index (χ0) is 13.5. The lowest BCUT2D eigenvalue weighted by atomic mass is 10.1. The molecule has 1 aromatic rings. The van der Waals surface area contributed by atoms with Crippen LogP contribution in [0.5, 0.6) is 0 Å². The number of amides is 1. The van der Waals surface area contributed by atoms with Crippen LogP contribution in [0.1, 0.15) is 35.8 Å². The lowest BCUT2D eigenvalue weighted by molar-refractivity contribution is 0.0727. The van der Waals surface area contributed by atoms with Gasteiger partial charge in [-0.15, -0.1) is 5.10 Å². The second-order valence-corrected chi connectivity index (χ2v) is 5.94. The molecule has 1 aromatic heterocycles. The van der Waals surface area contributed by atoms with Gasteiger partial charge in [-0.25, -0.2) is 4.68 Å². The van der Waals surface area contributed by atoms with Crippen LogP contribution in [0.3, 0.4) is 0 Å². The Morgan fingerprint density at radius 3 is 2.95 bits per heavy atom. The number of rotatable bonds is 4. The summed E-state index contributed by atoms with van der Waals surface area (Å²) in [5.74, 6) is 0.504. The second-order valence-electron chi connectivity index (χ2n) is 5.94. The number of hydrogen-bond donors (Lipinski definition) is 2. The minimum Gasteiger partial charge on any atom is -0.376 e. The average molecular weight is 277 g/mol. The van der Waals surface area contributed by atoms with Crippen LogP contribution in [0.15, 0.2) is 6.20 Å². The van der Waals surface area contributed by atoms with Gasteiger partial charge in [-0.2, -0.15) is 0 Å². The summed E-state index contributed by atoms with van der Waals surface area (Å²) in [4.78, 5) is 12.2. The van der Waals surface area contributed by atoms with Crippen LogP contribution < -0.4 is 10.6 Å². The molecule has 2 saturated heterocycles. The van der Waals surface area contributed by atoms with Gasteiger partial charge in [0.25, 0.3) is 5.91 Å². The highest BCUT2D eigenvalue weighted by atomic mass is 16.5. The number of nitrogens with one attached hydrogen (secondary N) is 2. The highest BCUT2D eigenvalue weighted by Gasteiger charge is 2.41. The van der Waals surface area contributed by atoms with E-state index in [0.29, 0.717) is 17.7 Å². The van der Waals surface area contributed by atoms with E-state index in [2.05, 4.69) is 20.9 Å². The molecule has 7 nitrogen and oxygen atoms in total. The summed E-state index contributed by atoms with van der Waals surface area (Å²) >= 11 is 0. The van der Waals surface area contributed by atoms with Crippen LogP contribution in [-0.4, -0.2) is 52.7 Å². The van der Waals surface area contributed by atoms with E-state index in [9.17, 15) is 4.79 Å². The first-order valence-corrected chi connectivity index (χ1v) is 7.36. The lowest BCUT2D eigenvalue weighted by Gasteiger charge is -2.26. The Morgan fingerprint density at radius 2 is 2.25 bits per heavy atom. The fraction of sp³-hybridized carbons (Fsp3) is 0.769. The van der Waals surface area contributed by atoms with Crippen LogP contribution in [0.4, 0.5) is 0 Å². The number of carbonyl (C=O) groups excluding carboxylic acids is 1. The Bertz CT molecular complexity index is 509. The van der Waals surface area contributed by atoms with Crippen LogP contribution in [0.2, 0.25) is 0 Å². The van der Waals surface area contributed by atoms with E-state index >= 15 is 0 Å². The lowest BCUT2D eigenvalue weighted by Crippen LogP contribution is -2.43. The molecule has 1 aliphatic carbocycles. The van der Waals surface area contributed by atoms with Crippen molar-refractivity contribution in [2.75, 3.05) is 19.7 Å². The topological polar surface area (TPSA) is 81.1 Å². The molecule has 2 N–H and O–H groups in total. The highest BCUT2D eigenvalue weighted by molar-refractivity contribution is 5.92. The van der Waals surface area contributed by atoms with E-state index in [0.717, 1.165) is 26.1 Å². The van der Waals surface area contributed by atoms with E-state index in [1.54, 1.807) is 10.9 Å². The molecule has 3 fully saturated rings. The molecule has 108 valence electrons. The Hall–Kier alpha value is -1.47. The van der Waals surface area contributed by atoms with Gasteiger partial charge in [-0.05, 0) is 25.2 Å². The van der Waals surface area contributed by atoms with Crippen molar-refractivity contribution < 1.29 is 9.53 Å². The molecule has 0 aromatic carbocycles. The number of ether oxygens (including phenoxy) is 1. The van der Waals surface area contributed by atoms with Gasteiger partial charge in [0, 0.05) is 19.7 Å². The van der Waals surface area contributed by atoms with Gasteiger partial charge >= 0.3 is 0 Å². The number of hydrogen-bond acceptors (Lipinski definition) is 5. The van der Waals surface area contributed by atoms with Gasteiger partial charge < -0.3 is 15.4 Å². The normalized spacial score (nSPS) is 30.2. The van der Waals surface area contributed by atoms with Crippen LogP contribution >= 0.6 is 0 Å². The first-order chi connectivity index (χ1) is 9.81. The summed E-state index contributed by atoms with van der Waals surface area (Å²) in [6, 6.07) is 0.462. The Balaban J connectivity index is 1.40. The van der Waals surface area contributed by atoms with Crippen LogP contribution in [0, 0.1) is 5.92 Å². The molecule has 0 bridgehead atoms. The quantitative estimate of drug-likeness (QED) is 0.791. The second kappa shape index (κ2) is 4.82. The fourth-order valence-electron chi connectivity index (χ4n) is 2.92. The SMILES string of the molecule is O=C(NC1CCOC1C1CC1)c1cn(C2CNC2)nn1. The number of nitrogens with zero attached hydrogens (tertiary/aromatic N) is 3. The van der Waals surface area contributed by atoms with Crippen molar-refractivity contribution in [1.82, 2.24) is 25.6 Å². The summed E-state index contributed by atoms with van der Waals surface area (Å²) in [5, 5.41) is 14.2. The van der Waals surface area contributed by atoms with Gasteiger partial charge in [0.2, 0.25) is 0 Å². The van der Waals surface area contributed by atoms with E-state index in [-0.39, 0.29) is 18.1 Å². The standard InChI is InChI=1S/C13H19N5O2/c19-13(11-7-18(17-16-11)9-5-14-6-9)15-10-3-4-20-12(10)8-1-2-8/h7-10,12,14H,1-6H2,(H,15,19). The molecule has 3 heterocycles. The maximum absolute atomic E-state index is 12.2. The minimum atomic E-state index is -0.135. The third-order valence-corrected chi connectivity index (χ3v) is 4.42. The smallest absolute Gasteiger partial charge is 0.273 e. The molecule has 1 saturated carbocycles. The molecule has 4 rings (SSSR count). The Labute approximate surface area is 117 Å². The third-order valence-electron chi connectivity index (χ3n) is 4.42.